The Labute approximate surface area is 155 Å². The van der Waals surface area contributed by atoms with Crippen LogP contribution in [0.1, 0.15) is 24.3 Å². The molecule has 0 unspecified atom stereocenters. The molecule has 0 aliphatic rings. The van der Waals surface area contributed by atoms with Crippen LogP contribution in [-0.4, -0.2) is 32.3 Å². The zero-order chi connectivity index (χ0) is 18.8. The minimum Gasteiger partial charge on any atom is -0.461 e. The Kier molecular flexibility index (Phi) is 4.42. The fourth-order valence-corrected chi connectivity index (χ4v) is 2.80. The van der Waals surface area contributed by atoms with Crippen molar-refractivity contribution in [1.82, 2.24) is 19.7 Å². The fraction of sp³-hybridized carbons (Fsp3) is 0.200. The van der Waals surface area contributed by atoms with Crippen molar-refractivity contribution < 1.29 is 13.9 Å². The lowest BCUT2D eigenvalue weighted by atomic mass is 10.1. The van der Waals surface area contributed by atoms with Gasteiger partial charge >= 0.3 is 5.97 Å². The summed E-state index contributed by atoms with van der Waals surface area (Å²) >= 11 is 0. The summed E-state index contributed by atoms with van der Waals surface area (Å²) in [5.74, 6) is -0.0370. The van der Waals surface area contributed by atoms with Crippen LogP contribution in [0.15, 0.2) is 53.3 Å². The van der Waals surface area contributed by atoms with E-state index in [0.29, 0.717) is 23.6 Å². The molecular formula is C20H18N4O3. The molecule has 0 N–H and O–H groups in total. The van der Waals surface area contributed by atoms with Gasteiger partial charge in [0.1, 0.15) is 11.2 Å². The Balaban J connectivity index is 1.69. The largest absolute Gasteiger partial charge is 0.461 e. The van der Waals surface area contributed by atoms with Gasteiger partial charge in [0, 0.05) is 30.1 Å². The summed E-state index contributed by atoms with van der Waals surface area (Å²) in [5, 5.41) is 4.31. The lowest BCUT2D eigenvalue weighted by Crippen LogP contribution is -2.06. The predicted molar refractivity (Wildman–Crippen MR) is 100 cm³/mol. The number of aryl methyl sites for hydroxylation is 1. The second kappa shape index (κ2) is 7.03. The summed E-state index contributed by atoms with van der Waals surface area (Å²) in [5.41, 5.74) is 4.35. The number of fused-ring (bicyclic) bond motifs is 1. The lowest BCUT2D eigenvalue weighted by Gasteiger charge is -2.01. The van der Waals surface area contributed by atoms with Crippen molar-refractivity contribution in [1.29, 1.82) is 0 Å². The smallest absolute Gasteiger partial charge is 0.356 e. The van der Waals surface area contributed by atoms with Crippen LogP contribution in [0, 0.1) is 0 Å². The van der Waals surface area contributed by atoms with Gasteiger partial charge in [-0.15, -0.1) is 0 Å². The number of aromatic nitrogens is 4. The van der Waals surface area contributed by atoms with E-state index in [1.807, 2.05) is 42.2 Å². The summed E-state index contributed by atoms with van der Waals surface area (Å²) in [7, 11) is 0. The Morgan fingerprint density at radius 1 is 1.15 bits per heavy atom. The van der Waals surface area contributed by atoms with Gasteiger partial charge in [-0.2, -0.15) is 5.10 Å². The molecule has 136 valence electrons. The van der Waals surface area contributed by atoms with Crippen molar-refractivity contribution in [2.24, 2.45) is 0 Å². The number of benzene rings is 1. The summed E-state index contributed by atoms with van der Waals surface area (Å²) in [4.78, 5) is 20.5. The van der Waals surface area contributed by atoms with Gasteiger partial charge in [-0.05, 0) is 43.7 Å². The van der Waals surface area contributed by atoms with Gasteiger partial charge < -0.3 is 9.15 Å². The molecule has 0 spiro atoms. The molecule has 0 saturated heterocycles. The average molecular weight is 362 g/mol. The molecular weight excluding hydrogens is 344 g/mol. The van der Waals surface area contributed by atoms with Crippen LogP contribution < -0.4 is 0 Å². The molecule has 0 radical (unpaired) electrons. The van der Waals surface area contributed by atoms with Crippen molar-refractivity contribution in [2.75, 3.05) is 6.61 Å². The van der Waals surface area contributed by atoms with E-state index in [4.69, 9.17) is 9.15 Å². The normalized spacial score (nSPS) is 11.0. The standard InChI is InChI=1S/C20H18N4O3/c1-3-24-12-15(11-22-24)13-5-6-18-16(9-13)23-19(27-18)14-7-8-21-17(10-14)20(25)26-4-2/h5-12H,3-4H2,1-2H3. The Morgan fingerprint density at radius 3 is 2.81 bits per heavy atom. The maximum Gasteiger partial charge on any atom is 0.356 e. The highest BCUT2D eigenvalue weighted by atomic mass is 16.5. The fourth-order valence-electron chi connectivity index (χ4n) is 2.80. The molecule has 0 aliphatic carbocycles. The second-order valence-corrected chi connectivity index (χ2v) is 5.94. The third-order valence-corrected chi connectivity index (χ3v) is 4.17. The van der Waals surface area contributed by atoms with Crippen molar-refractivity contribution in [3.63, 3.8) is 0 Å². The third-order valence-electron chi connectivity index (χ3n) is 4.17. The van der Waals surface area contributed by atoms with Gasteiger partial charge in [-0.3, -0.25) is 4.68 Å². The van der Waals surface area contributed by atoms with E-state index >= 15 is 0 Å². The molecule has 1 aromatic carbocycles. The quantitative estimate of drug-likeness (QED) is 0.500. The van der Waals surface area contributed by atoms with E-state index in [1.54, 1.807) is 25.3 Å². The zero-order valence-corrected chi connectivity index (χ0v) is 15.0. The first kappa shape index (κ1) is 17.0. The maximum atomic E-state index is 11.9. The number of rotatable bonds is 5. The summed E-state index contributed by atoms with van der Waals surface area (Å²) in [6.07, 6.45) is 5.37. The number of hydrogen-bond acceptors (Lipinski definition) is 6. The first-order valence-corrected chi connectivity index (χ1v) is 8.75. The van der Waals surface area contributed by atoms with Crippen LogP contribution >= 0.6 is 0 Å². The molecule has 4 rings (SSSR count). The number of esters is 1. The van der Waals surface area contributed by atoms with Gasteiger partial charge in [0.25, 0.3) is 0 Å². The van der Waals surface area contributed by atoms with Crippen molar-refractivity contribution in [3.05, 3.63) is 54.6 Å². The van der Waals surface area contributed by atoms with Crippen molar-refractivity contribution in [3.8, 4) is 22.6 Å². The van der Waals surface area contributed by atoms with E-state index in [9.17, 15) is 4.79 Å². The molecule has 27 heavy (non-hydrogen) atoms. The highest BCUT2D eigenvalue weighted by Crippen LogP contribution is 2.28. The monoisotopic (exact) mass is 362 g/mol. The first-order chi connectivity index (χ1) is 13.2. The minimum absolute atomic E-state index is 0.226. The molecule has 0 amide bonds. The molecule has 3 aromatic heterocycles. The highest BCUT2D eigenvalue weighted by Gasteiger charge is 2.14. The molecule has 0 atom stereocenters. The summed E-state index contributed by atoms with van der Waals surface area (Å²) in [6, 6.07) is 9.20. The molecule has 7 heteroatoms. The Bertz CT molecular complexity index is 1110. The average Bonchev–Trinajstić information content (AvgIpc) is 3.34. The van der Waals surface area contributed by atoms with Crippen LogP contribution in [-0.2, 0) is 11.3 Å². The molecule has 0 bridgehead atoms. The third kappa shape index (κ3) is 3.31. The van der Waals surface area contributed by atoms with Gasteiger partial charge in [-0.25, -0.2) is 14.8 Å². The second-order valence-electron chi connectivity index (χ2n) is 5.94. The Morgan fingerprint density at radius 2 is 2.04 bits per heavy atom. The van der Waals surface area contributed by atoms with Gasteiger partial charge in [0.2, 0.25) is 5.89 Å². The maximum absolute atomic E-state index is 11.9. The number of carbonyl (C=O) groups is 1. The Hall–Kier alpha value is -3.48. The van der Waals surface area contributed by atoms with Gasteiger partial charge in [0.15, 0.2) is 5.58 Å². The highest BCUT2D eigenvalue weighted by molar-refractivity contribution is 5.89. The van der Waals surface area contributed by atoms with Gasteiger partial charge in [0.05, 0.1) is 12.8 Å². The molecule has 0 fully saturated rings. The zero-order valence-electron chi connectivity index (χ0n) is 15.0. The molecule has 0 aliphatic heterocycles. The van der Waals surface area contributed by atoms with Crippen LogP contribution in [0.25, 0.3) is 33.7 Å². The molecule has 7 nitrogen and oxygen atoms in total. The van der Waals surface area contributed by atoms with Crippen molar-refractivity contribution >= 4 is 17.1 Å². The van der Waals surface area contributed by atoms with Crippen LogP contribution in [0.5, 0.6) is 0 Å². The van der Waals surface area contributed by atoms with Crippen LogP contribution in [0.4, 0.5) is 0 Å². The van der Waals surface area contributed by atoms with Crippen LogP contribution in [0.3, 0.4) is 0 Å². The SMILES string of the molecule is CCOC(=O)c1cc(-c2nc3cc(-c4cnn(CC)c4)ccc3o2)ccn1. The summed E-state index contributed by atoms with van der Waals surface area (Å²) in [6.45, 7) is 4.92. The van der Waals surface area contributed by atoms with Gasteiger partial charge in [-0.1, -0.05) is 6.07 Å². The van der Waals surface area contributed by atoms with E-state index in [-0.39, 0.29) is 5.69 Å². The molecule has 3 heterocycles. The van der Waals surface area contributed by atoms with Crippen LogP contribution in [0.2, 0.25) is 0 Å². The van der Waals surface area contributed by atoms with E-state index in [0.717, 1.165) is 23.2 Å². The number of pyridine rings is 1. The van der Waals surface area contributed by atoms with Crippen molar-refractivity contribution in [2.45, 2.75) is 20.4 Å². The summed E-state index contributed by atoms with van der Waals surface area (Å²) < 4.78 is 12.7. The number of carbonyl (C=O) groups excluding carboxylic acids is 1. The number of nitrogens with zero attached hydrogens (tertiary/aromatic N) is 4. The van der Waals surface area contributed by atoms with E-state index in [1.165, 1.54) is 0 Å². The molecule has 4 aromatic rings. The number of ether oxygens (including phenoxy) is 1. The topological polar surface area (TPSA) is 83.0 Å². The first-order valence-electron chi connectivity index (χ1n) is 8.75. The number of oxazole rings is 1. The van der Waals surface area contributed by atoms with E-state index < -0.39 is 5.97 Å². The van der Waals surface area contributed by atoms with E-state index in [2.05, 4.69) is 15.1 Å². The molecule has 0 saturated carbocycles. The minimum atomic E-state index is -0.467. The predicted octanol–water partition coefficient (Wildman–Crippen LogP) is 3.95. The lowest BCUT2D eigenvalue weighted by molar-refractivity contribution is 0.0519. The number of hydrogen-bond donors (Lipinski definition) is 0.